The van der Waals surface area contributed by atoms with Crippen molar-refractivity contribution < 1.29 is 14.3 Å². The number of ether oxygens (including phenoxy) is 2. The second-order valence-electron chi connectivity index (χ2n) is 3.44. The van der Waals surface area contributed by atoms with Crippen LogP contribution in [-0.2, 0) is 16.0 Å². The maximum Gasteiger partial charge on any atom is 0.356 e. The minimum Gasteiger partial charge on any atom is -0.461 e. The molecule has 0 aliphatic carbocycles. The number of nitrogens with zero attached hydrogens (tertiary/aromatic N) is 2. The molecule has 0 unspecified atom stereocenters. The first-order valence-electron chi connectivity index (χ1n) is 5.66. The van der Waals surface area contributed by atoms with Crippen molar-refractivity contribution in [2.75, 3.05) is 33.4 Å². The standard InChI is InChI=1S/C11H19N3O3/c1-3-17-11(15)10-8-13-9-14(10)6-4-12-5-7-16-2/h8-9,12H,3-7H2,1-2H3. The van der Waals surface area contributed by atoms with E-state index in [2.05, 4.69) is 10.3 Å². The van der Waals surface area contributed by atoms with Crippen LogP contribution in [-0.4, -0.2) is 48.9 Å². The van der Waals surface area contributed by atoms with Crippen LogP contribution in [0.4, 0.5) is 0 Å². The average molecular weight is 241 g/mol. The third-order valence-corrected chi connectivity index (χ3v) is 2.21. The normalized spacial score (nSPS) is 10.5. The lowest BCUT2D eigenvalue weighted by Crippen LogP contribution is -2.24. The molecule has 0 bridgehead atoms. The Labute approximate surface area is 101 Å². The summed E-state index contributed by atoms with van der Waals surface area (Å²) in [5.41, 5.74) is 0.486. The molecule has 0 saturated carbocycles. The van der Waals surface area contributed by atoms with E-state index in [0.717, 1.165) is 13.1 Å². The summed E-state index contributed by atoms with van der Waals surface area (Å²) in [7, 11) is 1.66. The highest BCUT2D eigenvalue weighted by atomic mass is 16.5. The highest BCUT2D eigenvalue weighted by Gasteiger charge is 2.11. The minimum absolute atomic E-state index is 0.332. The number of rotatable bonds is 8. The number of carbonyl (C=O) groups is 1. The van der Waals surface area contributed by atoms with Gasteiger partial charge in [-0.3, -0.25) is 0 Å². The zero-order valence-electron chi connectivity index (χ0n) is 10.3. The summed E-state index contributed by atoms with van der Waals surface area (Å²) >= 11 is 0. The summed E-state index contributed by atoms with van der Waals surface area (Å²) in [6.07, 6.45) is 3.15. The lowest BCUT2D eigenvalue weighted by atomic mass is 10.4. The molecule has 6 nitrogen and oxygen atoms in total. The van der Waals surface area contributed by atoms with Crippen LogP contribution in [0, 0.1) is 0 Å². The van der Waals surface area contributed by atoms with Crippen LogP contribution >= 0.6 is 0 Å². The number of esters is 1. The van der Waals surface area contributed by atoms with E-state index in [1.807, 2.05) is 0 Å². The first-order valence-corrected chi connectivity index (χ1v) is 5.66. The fraction of sp³-hybridized carbons (Fsp3) is 0.636. The molecule has 1 aromatic rings. The Morgan fingerprint density at radius 1 is 1.53 bits per heavy atom. The Morgan fingerprint density at radius 3 is 3.06 bits per heavy atom. The van der Waals surface area contributed by atoms with Gasteiger partial charge in [0.15, 0.2) is 0 Å². The van der Waals surface area contributed by atoms with Gasteiger partial charge >= 0.3 is 5.97 Å². The number of imidazole rings is 1. The Balaban J connectivity index is 2.38. The first-order chi connectivity index (χ1) is 8.29. The molecule has 0 radical (unpaired) electrons. The lowest BCUT2D eigenvalue weighted by Gasteiger charge is -2.08. The molecule has 96 valence electrons. The van der Waals surface area contributed by atoms with Crippen molar-refractivity contribution in [3.8, 4) is 0 Å². The van der Waals surface area contributed by atoms with Crippen molar-refractivity contribution in [3.63, 3.8) is 0 Å². The molecule has 1 N–H and O–H groups in total. The van der Waals surface area contributed by atoms with E-state index in [9.17, 15) is 4.79 Å². The van der Waals surface area contributed by atoms with Gasteiger partial charge < -0.3 is 19.4 Å². The molecular weight excluding hydrogens is 222 g/mol. The average Bonchev–Trinajstić information content (AvgIpc) is 2.77. The van der Waals surface area contributed by atoms with Gasteiger partial charge in [0.05, 0.1) is 25.7 Å². The third kappa shape index (κ3) is 4.54. The minimum atomic E-state index is -0.332. The molecule has 0 fully saturated rings. The Hall–Kier alpha value is -1.40. The summed E-state index contributed by atoms with van der Waals surface area (Å²) in [6, 6.07) is 0. The molecule has 0 aromatic carbocycles. The van der Waals surface area contributed by atoms with Crippen LogP contribution in [0.2, 0.25) is 0 Å². The molecule has 1 rings (SSSR count). The molecule has 0 atom stereocenters. The van der Waals surface area contributed by atoms with E-state index in [1.54, 1.807) is 24.9 Å². The third-order valence-electron chi connectivity index (χ3n) is 2.21. The molecule has 0 amide bonds. The van der Waals surface area contributed by atoms with Gasteiger partial charge in [-0.05, 0) is 6.92 Å². The lowest BCUT2D eigenvalue weighted by molar-refractivity contribution is 0.0513. The molecule has 6 heteroatoms. The van der Waals surface area contributed by atoms with Crippen LogP contribution in [0.5, 0.6) is 0 Å². The van der Waals surface area contributed by atoms with Crippen LogP contribution < -0.4 is 5.32 Å². The number of hydrogen-bond donors (Lipinski definition) is 1. The van der Waals surface area contributed by atoms with Gasteiger partial charge in [-0.25, -0.2) is 9.78 Å². The predicted octanol–water partition coefficient (Wildman–Crippen LogP) is 0.296. The highest BCUT2D eigenvalue weighted by molar-refractivity contribution is 5.87. The maximum absolute atomic E-state index is 11.5. The van der Waals surface area contributed by atoms with Gasteiger partial charge in [0.1, 0.15) is 5.69 Å². The largest absolute Gasteiger partial charge is 0.461 e. The molecular formula is C11H19N3O3. The van der Waals surface area contributed by atoms with Gasteiger partial charge in [0, 0.05) is 26.7 Å². The Bertz CT molecular complexity index is 338. The van der Waals surface area contributed by atoms with E-state index in [-0.39, 0.29) is 5.97 Å². The molecule has 17 heavy (non-hydrogen) atoms. The fourth-order valence-corrected chi connectivity index (χ4v) is 1.37. The summed E-state index contributed by atoms with van der Waals surface area (Å²) in [5.74, 6) is -0.332. The summed E-state index contributed by atoms with van der Waals surface area (Å²) in [4.78, 5) is 15.5. The topological polar surface area (TPSA) is 65.4 Å². The van der Waals surface area contributed by atoms with Gasteiger partial charge in [-0.1, -0.05) is 0 Å². The van der Waals surface area contributed by atoms with Gasteiger partial charge in [-0.2, -0.15) is 0 Å². The molecule has 1 aromatic heterocycles. The molecule has 1 heterocycles. The summed E-state index contributed by atoms with van der Waals surface area (Å²) in [5, 5.41) is 3.20. The monoisotopic (exact) mass is 241 g/mol. The van der Waals surface area contributed by atoms with Gasteiger partial charge in [-0.15, -0.1) is 0 Å². The first kappa shape index (κ1) is 13.7. The van der Waals surface area contributed by atoms with Crippen molar-refractivity contribution in [2.45, 2.75) is 13.5 Å². The second-order valence-corrected chi connectivity index (χ2v) is 3.44. The van der Waals surface area contributed by atoms with E-state index in [4.69, 9.17) is 9.47 Å². The number of carbonyl (C=O) groups excluding carboxylic acids is 1. The fourth-order valence-electron chi connectivity index (χ4n) is 1.37. The van der Waals surface area contributed by atoms with Crippen LogP contribution in [0.25, 0.3) is 0 Å². The number of aromatic nitrogens is 2. The SMILES string of the molecule is CCOC(=O)c1cncn1CCNCCOC. The van der Waals surface area contributed by atoms with Gasteiger partial charge in [0.2, 0.25) is 0 Å². The smallest absolute Gasteiger partial charge is 0.356 e. The Kier molecular flexibility index (Phi) is 6.27. The van der Waals surface area contributed by atoms with E-state index in [0.29, 0.717) is 25.5 Å². The van der Waals surface area contributed by atoms with E-state index in [1.165, 1.54) is 6.20 Å². The van der Waals surface area contributed by atoms with Crippen molar-refractivity contribution in [1.29, 1.82) is 0 Å². The molecule has 0 aliphatic rings. The highest BCUT2D eigenvalue weighted by Crippen LogP contribution is 2.01. The number of hydrogen-bond acceptors (Lipinski definition) is 5. The number of methoxy groups -OCH3 is 1. The van der Waals surface area contributed by atoms with Crippen LogP contribution in [0.1, 0.15) is 17.4 Å². The van der Waals surface area contributed by atoms with Crippen LogP contribution in [0.15, 0.2) is 12.5 Å². The van der Waals surface area contributed by atoms with Crippen LogP contribution in [0.3, 0.4) is 0 Å². The van der Waals surface area contributed by atoms with Gasteiger partial charge in [0.25, 0.3) is 0 Å². The van der Waals surface area contributed by atoms with Crippen molar-refractivity contribution >= 4 is 5.97 Å². The number of nitrogens with one attached hydrogen (secondary N) is 1. The summed E-state index contributed by atoms with van der Waals surface area (Å²) < 4.78 is 11.6. The van der Waals surface area contributed by atoms with Crippen molar-refractivity contribution in [2.24, 2.45) is 0 Å². The Morgan fingerprint density at radius 2 is 2.35 bits per heavy atom. The quantitative estimate of drug-likeness (QED) is 0.523. The predicted molar refractivity (Wildman–Crippen MR) is 62.9 cm³/mol. The molecule has 0 aliphatic heterocycles. The zero-order valence-corrected chi connectivity index (χ0v) is 10.3. The molecule has 0 spiro atoms. The van der Waals surface area contributed by atoms with Crippen molar-refractivity contribution in [1.82, 2.24) is 14.9 Å². The second kappa shape index (κ2) is 7.81. The van der Waals surface area contributed by atoms with E-state index < -0.39 is 0 Å². The van der Waals surface area contributed by atoms with Crippen molar-refractivity contribution in [3.05, 3.63) is 18.2 Å². The molecule has 0 saturated heterocycles. The summed E-state index contributed by atoms with van der Waals surface area (Å²) in [6.45, 7) is 5.06. The zero-order chi connectivity index (χ0) is 12.5. The maximum atomic E-state index is 11.5. The van der Waals surface area contributed by atoms with E-state index >= 15 is 0 Å².